The second kappa shape index (κ2) is 15.5. The molecule has 2 heterocycles. The number of nitrogens with one attached hydrogen (secondary N) is 4. The number of ether oxygens (including phenoxy) is 1. The van der Waals surface area contributed by atoms with Crippen molar-refractivity contribution in [1.29, 1.82) is 0 Å². The minimum atomic E-state index is -1.46. The molecule has 2 aromatic carbocycles. The minimum Gasteiger partial charge on any atom is -0.467 e. The maximum Gasteiger partial charge on any atom is 0.330 e. The second-order valence-corrected chi connectivity index (χ2v) is 15.3. The molecule has 0 aromatic heterocycles. The molecule has 0 saturated carbocycles. The molecule has 14 heteroatoms. The number of carbonyl (C=O) groups is 7. The highest BCUT2D eigenvalue weighted by atomic mass is 16.5. The number of anilines is 2. The fourth-order valence-electron chi connectivity index (χ4n) is 6.43. The zero-order valence-electron chi connectivity index (χ0n) is 31.2. The van der Waals surface area contributed by atoms with Crippen LogP contribution in [0.15, 0.2) is 48.5 Å². The van der Waals surface area contributed by atoms with Gasteiger partial charge in [0.2, 0.25) is 23.6 Å². The molecule has 2 fully saturated rings. The van der Waals surface area contributed by atoms with E-state index in [2.05, 4.69) is 21.3 Å². The molecule has 0 unspecified atom stereocenters. The van der Waals surface area contributed by atoms with Crippen molar-refractivity contribution in [3.63, 3.8) is 0 Å². The average Bonchev–Trinajstić information content (AvgIpc) is 3.77. The number of likely N-dealkylation sites (tertiary alicyclic amines) is 2. The van der Waals surface area contributed by atoms with Gasteiger partial charge in [0.05, 0.1) is 29.6 Å². The van der Waals surface area contributed by atoms with Crippen molar-refractivity contribution in [3.05, 3.63) is 59.7 Å². The zero-order valence-corrected chi connectivity index (χ0v) is 31.2. The lowest BCUT2D eigenvalue weighted by Gasteiger charge is -2.33. The maximum atomic E-state index is 14.0. The lowest BCUT2D eigenvalue weighted by Crippen LogP contribution is -2.58. The van der Waals surface area contributed by atoms with Crippen molar-refractivity contribution in [2.24, 2.45) is 5.41 Å². The molecule has 4 N–H and O–H groups in total. The molecule has 4 rings (SSSR count). The quantitative estimate of drug-likeness (QED) is 0.269. The van der Waals surface area contributed by atoms with E-state index in [0.717, 1.165) is 0 Å². The number of methoxy groups -OCH3 is 1. The van der Waals surface area contributed by atoms with E-state index >= 15 is 0 Å². The number of para-hydroxylation sites is 2. The van der Waals surface area contributed by atoms with Gasteiger partial charge in [0.25, 0.3) is 11.8 Å². The summed E-state index contributed by atoms with van der Waals surface area (Å²) in [5.41, 5.74) is -2.77. The summed E-state index contributed by atoms with van der Waals surface area (Å²) in [6, 6.07) is 11.2. The van der Waals surface area contributed by atoms with E-state index in [4.69, 9.17) is 4.74 Å². The molecular weight excluding hydrogens is 668 g/mol. The van der Waals surface area contributed by atoms with Gasteiger partial charge >= 0.3 is 5.97 Å². The van der Waals surface area contributed by atoms with Crippen LogP contribution in [-0.4, -0.2) is 94.6 Å². The van der Waals surface area contributed by atoms with Crippen LogP contribution in [0.2, 0.25) is 0 Å². The monoisotopic (exact) mass is 718 g/mol. The highest BCUT2D eigenvalue weighted by molar-refractivity contribution is 6.09. The smallest absolute Gasteiger partial charge is 0.330 e. The number of hydrogen-bond donors (Lipinski definition) is 4. The Bertz CT molecular complexity index is 1750. The molecule has 52 heavy (non-hydrogen) atoms. The third-order valence-electron chi connectivity index (χ3n) is 9.22. The molecule has 280 valence electrons. The highest BCUT2D eigenvalue weighted by Gasteiger charge is 2.43. The number of benzene rings is 2. The van der Waals surface area contributed by atoms with Gasteiger partial charge in [-0.05, 0) is 77.6 Å². The van der Waals surface area contributed by atoms with Crippen LogP contribution in [0.5, 0.6) is 0 Å². The van der Waals surface area contributed by atoms with Crippen molar-refractivity contribution < 1.29 is 38.3 Å². The van der Waals surface area contributed by atoms with Gasteiger partial charge in [-0.1, -0.05) is 45.0 Å². The summed E-state index contributed by atoms with van der Waals surface area (Å²) in [7, 11) is 1.22. The van der Waals surface area contributed by atoms with E-state index in [1.807, 2.05) is 0 Å². The fourth-order valence-corrected chi connectivity index (χ4v) is 6.43. The van der Waals surface area contributed by atoms with E-state index in [1.165, 1.54) is 38.0 Å². The molecule has 2 aromatic rings. The Hall–Kier alpha value is -5.27. The molecule has 6 amide bonds. The Morgan fingerprint density at radius 2 is 1.02 bits per heavy atom. The van der Waals surface area contributed by atoms with Crippen LogP contribution < -0.4 is 21.3 Å². The summed E-state index contributed by atoms with van der Waals surface area (Å²) < 4.78 is 4.77. The molecule has 0 bridgehead atoms. The number of carbonyl (C=O) groups excluding carboxylic acids is 7. The van der Waals surface area contributed by atoms with Gasteiger partial charge in [0.1, 0.15) is 23.2 Å². The van der Waals surface area contributed by atoms with Crippen LogP contribution in [0, 0.1) is 5.41 Å². The first-order valence-electron chi connectivity index (χ1n) is 17.4. The predicted molar refractivity (Wildman–Crippen MR) is 194 cm³/mol. The molecule has 0 spiro atoms. The molecule has 0 aliphatic carbocycles. The fraction of sp³-hybridized carbons (Fsp3) is 0.500. The Labute approximate surface area is 304 Å². The summed E-state index contributed by atoms with van der Waals surface area (Å²) in [4.78, 5) is 96.0. The summed E-state index contributed by atoms with van der Waals surface area (Å²) in [6.07, 6.45) is 2.08. The Balaban J connectivity index is 1.45. The third kappa shape index (κ3) is 8.78. The van der Waals surface area contributed by atoms with Crippen molar-refractivity contribution in [2.75, 3.05) is 30.8 Å². The number of amides is 6. The Morgan fingerprint density at radius 3 is 1.44 bits per heavy atom. The van der Waals surface area contributed by atoms with Gasteiger partial charge < -0.3 is 35.8 Å². The number of hydrogen-bond acceptors (Lipinski definition) is 8. The molecule has 0 radical (unpaired) electrons. The Kier molecular flexibility index (Phi) is 11.8. The van der Waals surface area contributed by atoms with E-state index in [0.29, 0.717) is 32.2 Å². The van der Waals surface area contributed by atoms with Crippen LogP contribution >= 0.6 is 0 Å². The highest BCUT2D eigenvalue weighted by Crippen LogP contribution is 2.28. The first-order chi connectivity index (χ1) is 24.3. The number of rotatable bonds is 10. The normalized spacial score (nSPS) is 17.6. The van der Waals surface area contributed by atoms with Gasteiger partial charge in [-0.25, -0.2) is 4.79 Å². The van der Waals surface area contributed by atoms with E-state index < -0.39 is 64.1 Å². The van der Waals surface area contributed by atoms with Crippen LogP contribution in [0.3, 0.4) is 0 Å². The average molecular weight is 719 g/mol. The first-order valence-corrected chi connectivity index (χ1v) is 17.4. The Morgan fingerprint density at radius 1 is 0.615 bits per heavy atom. The second-order valence-electron chi connectivity index (χ2n) is 15.3. The lowest BCUT2D eigenvalue weighted by molar-refractivity contribution is -0.146. The van der Waals surface area contributed by atoms with Gasteiger partial charge in [0.15, 0.2) is 0 Å². The molecule has 2 aliphatic heterocycles. The summed E-state index contributed by atoms with van der Waals surface area (Å²) >= 11 is 0. The van der Waals surface area contributed by atoms with Gasteiger partial charge in [-0.2, -0.15) is 0 Å². The number of nitrogens with zero attached hydrogens (tertiary/aromatic N) is 2. The van der Waals surface area contributed by atoms with E-state index in [9.17, 15) is 33.6 Å². The van der Waals surface area contributed by atoms with Crippen LogP contribution in [0.25, 0.3) is 0 Å². The minimum absolute atomic E-state index is 0.114. The van der Waals surface area contributed by atoms with Crippen molar-refractivity contribution in [1.82, 2.24) is 20.4 Å². The van der Waals surface area contributed by atoms with Crippen LogP contribution in [0.1, 0.15) is 94.9 Å². The third-order valence-corrected chi connectivity index (χ3v) is 9.22. The summed E-state index contributed by atoms with van der Waals surface area (Å²) in [5.74, 6) is -3.39. The molecule has 2 atom stereocenters. The number of esters is 1. The van der Waals surface area contributed by atoms with Gasteiger partial charge in [-0.15, -0.1) is 0 Å². The standard InChI is InChI=1S/C38H50N6O8/c1-36(2,3)33(49)43-21-13-19-27(43)31(47)39-25-17-11-9-15-23(25)29(45)41-37(4,5)34(50)44-22-14-20-28(44)32(48)40-26-18-12-10-16-24(26)30(46)42-38(6,7)35(51)52-8/h9-12,15-18,27-28H,13-14,19-22H2,1-8H3,(H,39,47)(H,40,48)(H,41,45)(H,42,46)/t27-,28-/m0/s1. The van der Waals surface area contributed by atoms with Gasteiger partial charge in [-0.3, -0.25) is 28.8 Å². The lowest BCUT2D eigenvalue weighted by atomic mass is 9.94. The molecular formula is C38H50N6O8. The zero-order chi connectivity index (χ0) is 38.6. The van der Waals surface area contributed by atoms with Gasteiger partial charge in [0, 0.05) is 18.5 Å². The first kappa shape index (κ1) is 39.5. The molecule has 2 aliphatic rings. The molecule has 2 saturated heterocycles. The van der Waals surface area contributed by atoms with Crippen LogP contribution in [-0.2, 0) is 28.7 Å². The predicted octanol–water partition coefficient (Wildman–Crippen LogP) is 3.48. The largest absolute Gasteiger partial charge is 0.467 e. The molecule has 14 nitrogen and oxygen atoms in total. The van der Waals surface area contributed by atoms with E-state index in [-0.39, 0.29) is 35.0 Å². The van der Waals surface area contributed by atoms with Crippen molar-refractivity contribution >= 4 is 52.8 Å². The topological polar surface area (TPSA) is 183 Å². The summed E-state index contributed by atoms with van der Waals surface area (Å²) in [6.45, 7) is 12.2. The van der Waals surface area contributed by atoms with Crippen molar-refractivity contribution in [3.8, 4) is 0 Å². The summed E-state index contributed by atoms with van der Waals surface area (Å²) in [5, 5.41) is 11.0. The maximum absolute atomic E-state index is 14.0. The van der Waals surface area contributed by atoms with E-state index in [1.54, 1.807) is 75.9 Å². The van der Waals surface area contributed by atoms with Crippen LogP contribution in [0.4, 0.5) is 11.4 Å². The van der Waals surface area contributed by atoms with Crippen molar-refractivity contribution in [2.45, 2.75) is 97.3 Å². The SMILES string of the molecule is COC(=O)C(C)(C)NC(=O)c1ccccc1NC(=O)[C@@H]1CCCN1C(=O)C(C)(C)NC(=O)c1ccccc1NC(=O)[C@@H]1CCCN1C(=O)C(C)(C)C.